The highest BCUT2D eigenvalue weighted by atomic mass is 16.1. The number of imidazole rings is 1. The minimum Gasteiger partial charge on any atom is -0.365 e. The summed E-state index contributed by atoms with van der Waals surface area (Å²) < 4.78 is 1.75. The van der Waals surface area contributed by atoms with Gasteiger partial charge >= 0.3 is 0 Å². The molecule has 3 heterocycles. The molecule has 0 atom stereocenters. The highest BCUT2D eigenvalue weighted by molar-refractivity contribution is 5.82. The van der Waals surface area contributed by atoms with Crippen molar-refractivity contribution in [2.45, 2.75) is 63.5 Å². The van der Waals surface area contributed by atoms with Crippen LogP contribution in [0.5, 0.6) is 0 Å². The number of nitrogens with one attached hydrogen (secondary N) is 2. The topological polar surface area (TPSA) is 101 Å². The summed E-state index contributed by atoms with van der Waals surface area (Å²) in [5.41, 5.74) is 3.86. The number of rotatable bonds is 3. The van der Waals surface area contributed by atoms with Crippen LogP contribution in [0.3, 0.4) is 0 Å². The fraction of sp³-hybridized carbons (Fsp3) is 0.526. The van der Waals surface area contributed by atoms with Crippen LogP contribution in [0.1, 0.15) is 55.8 Å². The molecular formula is C19H23N7O. The van der Waals surface area contributed by atoms with Crippen molar-refractivity contribution in [3.8, 4) is 0 Å². The molecule has 2 aliphatic rings. The minimum absolute atomic E-state index is 0.0574. The van der Waals surface area contributed by atoms with Crippen LogP contribution in [0.25, 0.3) is 11.2 Å². The Morgan fingerprint density at radius 1 is 1.07 bits per heavy atom. The molecule has 2 aliphatic carbocycles. The summed E-state index contributed by atoms with van der Waals surface area (Å²) in [6.45, 7) is 0. The number of anilines is 1. The summed E-state index contributed by atoms with van der Waals surface area (Å²) in [6.07, 6.45) is 11.4. The predicted molar refractivity (Wildman–Crippen MR) is 102 cm³/mol. The fourth-order valence-electron chi connectivity index (χ4n) is 4.37. The van der Waals surface area contributed by atoms with Gasteiger partial charge in [0.1, 0.15) is 11.8 Å². The van der Waals surface area contributed by atoms with Crippen molar-refractivity contribution in [1.29, 1.82) is 0 Å². The molecule has 8 nitrogen and oxygen atoms in total. The quantitative estimate of drug-likeness (QED) is 0.739. The average Bonchev–Trinajstić information content (AvgIpc) is 3.18. The molecule has 1 saturated carbocycles. The van der Waals surface area contributed by atoms with Crippen molar-refractivity contribution >= 4 is 17.0 Å². The largest absolute Gasteiger partial charge is 0.365 e. The van der Waals surface area contributed by atoms with E-state index in [0.717, 1.165) is 61.1 Å². The number of aryl methyl sites for hydroxylation is 2. The third-order valence-electron chi connectivity index (χ3n) is 5.84. The van der Waals surface area contributed by atoms with Gasteiger partial charge in [-0.2, -0.15) is 5.10 Å². The Labute approximate surface area is 156 Å². The van der Waals surface area contributed by atoms with E-state index >= 15 is 0 Å². The second-order valence-corrected chi connectivity index (χ2v) is 7.58. The van der Waals surface area contributed by atoms with Gasteiger partial charge in [0, 0.05) is 12.1 Å². The first-order chi connectivity index (χ1) is 13.3. The van der Waals surface area contributed by atoms with Gasteiger partial charge in [0.25, 0.3) is 5.56 Å². The van der Waals surface area contributed by atoms with Crippen LogP contribution in [0.15, 0.2) is 23.5 Å². The van der Waals surface area contributed by atoms with Gasteiger partial charge in [-0.3, -0.25) is 4.79 Å². The van der Waals surface area contributed by atoms with E-state index < -0.39 is 0 Å². The molecule has 27 heavy (non-hydrogen) atoms. The molecule has 0 amide bonds. The van der Waals surface area contributed by atoms with Crippen molar-refractivity contribution in [1.82, 2.24) is 29.7 Å². The van der Waals surface area contributed by atoms with Crippen LogP contribution < -0.4 is 10.9 Å². The first kappa shape index (κ1) is 16.4. The zero-order chi connectivity index (χ0) is 18.2. The molecule has 0 aromatic carbocycles. The number of H-pyrrole nitrogens is 1. The molecule has 3 aromatic heterocycles. The molecule has 0 aliphatic heterocycles. The number of aromatic amines is 1. The van der Waals surface area contributed by atoms with Crippen LogP contribution in [0.2, 0.25) is 0 Å². The van der Waals surface area contributed by atoms with Crippen molar-refractivity contribution in [2.24, 2.45) is 0 Å². The van der Waals surface area contributed by atoms with E-state index in [1.807, 2.05) is 6.07 Å². The molecule has 1 fully saturated rings. The normalized spacial score (nSPS) is 22.5. The van der Waals surface area contributed by atoms with Crippen molar-refractivity contribution in [3.05, 3.63) is 40.3 Å². The molecule has 8 heteroatoms. The molecule has 0 radical (unpaired) electrons. The zero-order valence-electron chi connectivity index (χ0n) is 15.2. The Hall–Kier alpha value is -2.77. The second kappa shape index (κ2) is 6.75. The number of fused-ring (bicyclic) bond motifs is 2. The number of nitrogens with zero attached hydrogens (tertiary/aromatic N) is 5. The van der Waals surface area contributed by atoms with E-state index in [4.69, 9.17) is 5.10 Å². The molecule has 3 aromatic rings. The standard InChI is InChI=1S/C19H23N7O/c27-16-9-12-3-1-2-4-15(12)25-26(16)14-7-5-13(6-8-14)24-19-17-18(21-10-20-17)22-11-23-19/h9-11,13-14H,1-8H2,(H2,20,21,22,23,24). The lowest BCUT2D eigenvalue weighted by molar-refractivity contribution is 0.300. The van der Waals surface area contributed by atoms with E-state index in [2.05, 4.69) is 25.3 Å². The highest BCUT2D eigenvalue weighted by Crippen LogP contribution is 2.30. The monoisotopic (exact) mass is 365 g/mol. The van der Waals surface area contributed by atoms with E-state index in [9.17, 15) is 4.79 Å². The molecule has 0 spiro atoms. The zero-order valence-corrected chi connectivity index (χ0v) is 15.2. The lowest BCUT2D eigenvalue weighted by Crippen LogP contribution is -2.34. The van der Waals surface area contributed by atoms with Gasteiger partial charge < -0.3 is 10.3 Å². The van der Waals surface area contributed by atoms with Crippen LogP contribution >= 0.6 is 0 Å². The average molecular weight is 365 g/mol. The van der Waals surface area contributed by atoms with Crippen LogP contribution in [-0.2, 0) is 12.8 Å². The molecule has 0 saturated heterocycles. The summed E-state index contributed by atoms with van der Waals surface area (Å²) in [5.74, 6) is 0.796. The smallest absolute Gasteiger partial charge is 0.267 e. The summed E-state index contributed by atoms with van der Waals surface area (Å²) in [6, 6.07) is 2.35. The molecular weight excluding hydrogens is 342 g/mol. The fourth-order valence-corrected chi connectivity index (χ4v) is 4.37. The van der Waals surface area contributed by atoms with Gasteiger partial charge in [-0.1, -0.05) is 0 Å². The van der Waals surface area contributed by atoms with E-state index in [0.29, 0.717) is 11.7 Å². The first-order valence-corrected chi connectivity index (χ1v) is 9.80. The van der Waals surface area contributed by atoms with E-state index in [1.165, 1.54) is 19.2 Å². The van der Waals surface area contributed by atoms with Gasteiger partial charge in [-0.25, -0.2) is 19.6 Å². The maximum absolute atomic E-state index is 12.5. The highest BCUT2D eigenvalue weighted by Gasteiger charge is 2.25. The minimum atomic E-state index is 0.0574. The van der Waals surface area contributed by atoms with Gasteiger partial charge in [0.15, 0.2) is 11.5 Å². The Bertz CT molecular complexity index is 1020. The Morgan fingerprint density at radius 3 is 2.81 bits per heavy atom. The SMILES string of the molecule is O=c1cc2c(nn1C1CCC(Nc3ncnc4nc[nH]c34)CC1)CCCC2. The van der Waals surface area contributed by atoms with Crippen molar-refractivity contribution in [2.75, 3.05) is 5.32 Å². The summed E-state index contributed by atoms with van der Waals surface area (Å²) in [4.78, 5) is 28.3. The van der Waals surface area contributed by atoms with Crippen molar-refractivity contribution in [3.63, 3.8) is 0 Å². The summed E-state index contributed by atoms with van der Waals surface area (Å²) in [5, 5.41) is 8.25. The summed E-state index contributed by atoms with van der Waals surface area (Å²) in [7, 11) is 0. The Kier molecular flexibility index (Phi) is 4.10. The third kappa shape index (κ3) is 3.09. The van der Waals surface area contributed by atoms with Crippen LogP contribution in [0, 0.1) is 0 Å². The Balaban J connectivity index is 1.29. The molecule has 0 unspecified atom stereocenters. The molecule has 140 valence electrons. The molecule has 0 bridgehead atoms. The van der Waals surface area contributed by atoms with E-state index in [1.54, 1.807) is 11.0 Å². The second-order valence-electron chi connectivity index (χ2n) is 7.58. The van der Waals surface area contributed by atoms with Gasteiger partial charge in [-0.05, 0) is 56.9 Å². The maximum atomic E-state index is 12.5. The first-order valence-electron chi connectivity index (χ1n) is 9.80. The molecule has 5 rings (SSSR count). The maximum Gasteiger partial charge on any atom is 0.267 e. The van der Waals surface area contributed by atoms with Gasteiger partial charge in [-0.15, -0.1) is 0 Å². The number of aromatic nitrogens is 6. The van der Waals surface area contributed by atoms with Gasteiger partial charge in [0.2, 0.25) is 0 Å². The molecule has 2 N–H and O–H groups in total. The number of hydrogen-bond acceptors (Lipinski definition) is 6. The number of hydrogen-bond donors (Lipinski definition) is 2. The summed E-state index contributed by atoms with van der Waals surface area (Å²) >= 11 is 0. The van der Waals surface area contributed by atoms with Crippen molar-refractivity contribution < 1.29 is 0 Å². The van der Waals surface area contributed by atoms with Crippen LogP contribution in [0.4, 0.5) is 5.82 Å². The predicted octanol–water partition coefficient (Wildman–Crippen LogP) is 2.38. The van der Waals surface area contributed by atoms with E-state index in [-0.39, 0.29) is 11.6 Å². The Morgan fingerprint density at radius 2 is 1.93 bits per heavy atom. The lowest BCUT2D eigenvalue weighted by Gasteiger charge is -2.30. The van der Waals surface area contributed by atoms with Crippen LogP contribution in [-0.4, -0.2) is 35.8 Å². The van der Waals surface area contributed by atoms with Gasteiger partial charge in [0.05, 0.1) is 18.1 Å². The third-order valence-corrected chi connectivity index (χ3v) is 5.84. The lowest BCUT2D eigenvalue weighted by atomic mass is 9.91.